The molecule has 0 radical (unpaired) electrons. The van der Waals surface area contributed by atoms with E-state index in [1.54, 1.807) is 18.2 Å². The molecule has 0 aliphatic heterocycles. The van der Waals surface area contributed by atoms with Crippen LogP contribution in [0.5, 0.6) is 0 Å². The van der Waals surface area contributed by atoms with Crippen molar-refractivity contribution in [3.63, 3.8) is 0 Å². The number of amides is 1. The molecule has 15 heavy (non-hydrogen) atoms. The van der Waals surface area contributed by atoms with Gasteiger partial charge in [0.15, 0.2) is 0 Å². The molecule has 4 nitrogen and oxygen atoms in total. The summed E-state index contributed by atoms with van der Waals surface area (Å²) >= 11 is 0. The van der Waals surface area contributed by atoms with Crippen molar-refractivity contribution in [1.82, 2.24) is 0 Å². The molecule has 0 fully saturated rings. The number of carbonyl (C=O) groups excluding carboxylic acids is 1. The summed E-state index contributed by atoms with van der Waals surface area (Å²) in [6.07, 6.45) is 2.65. The highest BCUT2D eigenvalue weighted by atomic mass is 16.6. The molecule has 0 aromatic heterocycles. The lowest BCUT2D eigenvalue weighted by molar-refractivity contribution is -0.375. The van der Waals surface area contributed by atoms with Gasteiger partial charge in [0.05, 0.1) is 5.56 Å². The average molecular weight is 207 g/mol. The van der Waals surface area contributed by atoms with Crippen LogP contribution in [0.1, 0.15) is 35.7 Å². The molecule has 0 bridgehead atoms. The minimum atomic E-state index is -1.01. The van der Waals surface area contributed by atoms with Crippen LogP contribution < -0.4 is 0 Å². The van der Waals surface area contributed by atoms with Crippen molar-refractivity contribution in [1.29, 1.82) is 0 Å². The first kappa shape index (κ1) is 11.4. The molecule has 0 saturated carbocycles. The Morgan fingerprint density at radius 2 is 2.07 bits per heavy atom. The van der Waals surface area contributed by atoms with Crippen LogP contribution in [0.2, 0.25) is 0 Å². The van der Waals surface area contributed by atoms with Crippen molar-refractivity contribution in [2.45, 2.75) is 26.2 Å². The number of hydrogen-bond acceptors (Lipinski definition) is 3. The summed E-state index contributed by atoms with van der Waals surface area (Å²) < 4.78 is 0. The van der Waals surface area contributed by atoms with Gasteiger partial charge in [0.2, 0.25) is 0 Å². The first-order valence-electron chi connectivity index (χ1n) is 4.93. The Kier molecular flexibility index (Phi) is 3.97. The number of aryl methyl sites for hydroxylation is 1. The average Bonchev–Trinajstić information content (AvgIpc) is 2.25. The maximum atomic E-state index is 11.2. The van der Waals surface area contributed by atoms with Crippen LogP contribution in [-0.2, 0) is 6.42 Å². The third-order valence-electron chi connectivity index (χ3n) is 2.21. The van der Waals surface area contributed by atoms with Crippen LogP contribution in [0.4, 0.5) is 0 Å². The van der Waals surface area contributed by atoms with E-state index in [1.807, 2.05) is 6.92 Å². The van der Waals surface area contributed by atoms with Crippen molar-refractivity contribution in [3.05, 3.63) is 45.5 Å². The molecule has 1 aromatic carbocycles. The van der Waals surface area contributed by atoms with Crippen molar-refractivity contribution >= 4 is 5.91 Å². The third-order valence-corrected chi connectivity index (χ3v) is 2.21. The molecule has 0 spiro atoms. The number of nitro groups is 1. The second kappa shape index (κ2) is 5.24. The van der Waals surface area contributed by atoms with Crippen LogP contribution in [0.3, 0.4) is 0 Å². The number of unbranched alkanes of at least 4 members (excludes halogenated alkanes) is 1. The van der Waals surface area contributed by atoms with Crippen LogP contribution in [0, 0.1) is 10.1 Å². The van der Waals surface area contributed by atoms with E-state index >= 15 is 0 Å². The molecule has 1 rings (SSSR count). The highest BCUT2D eigenvalue weighted by Crippen LogP contribution is 2.12. The lowest BCUT2D eigenvalue weighted by Gasteiger charge is -2.02. The van der Waals surface area contributed by atoms with Crippen LogP contribution >= 0.6 is 0 Å². The molecule has 0 aliphatic carbocycles. The monoisotopic (exact) mass is 207 g/mol. The van der Waals surface area contributed by atoms with Gasteiger partial charge in [0.1, 0.15) is 4.92 Å². The van der Waals surface area contributed by atoms with Gasteiger partial charge in [-0.25, -0.2) is 4.79 Å². The summed E-state index contributed by atoms with van der Waals surface area (Å²) in [5, 5.41) is 10.4. The van der Waals surface area contributed by atoms with Gasteiger partial charge < -0.3 is 0 Å². The Morgan fingerprint density at radius 1 is 1.40 bits per heavy atom. The second-order valence-corrected chi connectivity index (χ2v) is 3.32. The second-order valence-electron chi connectivity index (χ2n) is 3.32. The van der Waals surface area contributed by atoms with Gasteiger partial charge in [-0.2, -0.15) is 0 Å². The van der Waals surface area contributed by atoms with Gasteiger partial charge >= 0.3 is 5.91 Å². The molecule has 1 amide bonds. The summed E-state index contributed by atoms with van der Waals surface area (Å²) in [5.41, 5.74) is 0.983. The maximum absolute atomic E-state index is 11.2. The van der Waals surface area contributed by atoms with E-state index in [0.717, 1.165) is 18.4 Å². The summed E-state index contributed by atoms with van der Waals surface area (Å²) in [7, 11) is 0. The number of nitrogens with zero attached hydrogens (tertiary/aromatic N) is 1. The van der Waals surface area contributed by atoms with E-state index in [0.29, 0.717) is 6.42 Å². The van der Waals surface area contributed by atoms with E-state index < -0.39 is 10.8 Å². The fourth-order valence-electron chi connectivity index (χ4n) is 1.41. The largest absolute Gasteiger partial charge is 0.476 e. The zero-order valence-electron chi connectivity index (χ0n) is 8.60. The molecular weight excluding hydrogens is 194 g/mol. The molecule has 0 atom stereocenters. The molecule has 0 unspecified atom stereocenters. The minimum absolute atomic E-state index is 0.218. The quantitative estimate of drug-likeness (QED) is 0.562. The Hall–Kier alpha value is -1.71. The summed E-state index contributed by atoms with van der Waals surface area (Å²) in [4.78, 5) is 20.7. The predicted molar refractivity (Wildman–Crippen MR) is 56.4 cm³/mol. The van der Waals surface area contributed by atoms with Crippen molar-refractivity contribution in [2.24, 2.45) is 0 Å². The lowest BCUT2D eigenvalue weighted by atomic mass is 10.0. The molecule has 0 aliphatic rings. The highest BCUT2D eigenvalue weighted by Gasteiger charge is 2.21. The zero-order chi connectivity index (χ0) is 11.3. The van der Waals surface area contributed by atoms with Gasteiger partial charge in [-0.05, 0) is 24.5 Å². The molecule has 80 valence electrons. The summed E-state index contributed by atoms with van der Waals surface area (Å²) in [6, 6.07) is 6.72. The van der Waals surface area contributed by atoms with Crippen LogP contribution in [0.25, 0.3) is 0 Å². The number of benzene rings is 1. The lowest BCUT2D eigenvalue weighted by Crippen LogP contribution is -2.13. The smallest absolute Gasteiger partial charge is 0.255 e. The highest BCUT2D eigenvalue weighted by molar-refractivity contribution is 5.89. The zero-order valence-corrected chi connectivity index (χ0v) is 8.60. The Labute approximate surface area is 88.1 Å². The Balaban J connectivity index is 2.95. The minimum Gasteiger partial charge on any atom is -0.255 e. The first-order valence-corrected chi connectivity index (χ1v) is 4.93. The standard InChI is InChI=1S/C11H13NO3/c1-2-3-6-9-7-4-5-8-10(9)11(13)12(14)15/h4-5,7-8H,2-3,6H2,1H3. The van der Waals surface area contributed by atoms with E-state index in [4.69, 9.17) is 0 Å². The fraction of sp³-hybridized carbons (Fsp3) is 0.364. The Bertz CT molecular complexity index is 374. The van der Waals surface area contributed by atoms with Gasteiger partial charge in [-0.3, -0.25) is 10.1 Å². The number of hydrogen-bond donors (Lipinski definition) is 0. The summed E-state index contributed by atoms with van der Waals surface area (Å²) in [6.45, 7) is 2.04. The van der Waals surface area contributed by atoms with Gasteiger partial charge in [0.25, 0.3) is 0 Å². The molecule has 0 heterocycles. The Morgan fingerprint density at radius 3 is 2.67 bits per heavy atom. The van der Waals surface area contributed by atoms with E-state index in [2.05, 4.69) is 0 Å². The number of carbonyl (C=O) groups is 1. The van der Waals surface area contributed by atoms with Crippen LogP contribution in [0.15, 0.2) is 24.3 Å². The first-order chi connectivity index (χ1) is 7.16. The maximum Gasteiger partial charge on any atom is 0.476 e. The SMILES string of the molecule is CCCCc1ccccc1C(=O)[N+](=O)[O-]. The molecule has 0 saturated heterocycles. The van der Waals surface area contributed by atoms with Gasteiger partial charge in [-0.1, -0.05) is 31.5 Å². The van der Waals surface area contributed by atoms with Crippen LogP contribution in [-0.4, -0.2) is 10.8 Å². The molecule has 4 heteroatoms. The van der Waals surface area contributed by atoms with Gasteiger partial charge in [0, 0.05) is 0 Å². The van der Waals surface area contributed by atoms with E-state index in [1.165, 1.54) is 6.07 Å². The molecular formula is C11H13NO3. The molecule has 1 aromatic rings. The molecule has 0 N–H and O–H groups in total. The predicted octanol–water partition coefficient (Wildman–Crippen LogP) is 2.45. The topological polar surface area (TPSA) is 60.2 Å². The van der Waals surface area contributed by atoms with Gasteiger partial charge in [-0.15, -0.1) is 0 Å². The number of rotatable bonds is 4. The fourth-order valence-corrected chi connectivity index (χ4v) is 1.41. The van der Waals surface area contributed by atoms with E-state index in [-0.39, 0.29) is 5.56 Å². The normalized spacial score (nSPS) is 9.93. The third kappa shape index (κ3) is 2.87. The van der Waals surface area contributed by atoms with Crippen molar-refractivity contribution in [2.75, 3.05) is 0 Å². The van der Waals surface area contributed by atoms with Crippen molar-refractivity contribution in [3.8, 4) is 0 Å². The van der Waals surface area contributed by atoms with Crippen molar-refractivity contribution < 1.29 is 9.72 Å². The van der Waals surface area contributed by atoms with E-state index in [9.17, 15) is 14.9 Å². The summed E-state index contributed by atoms with van der Waals surface area (Å²) in [5.74, 6) is -1.01.